The fraction of sp³-hybridized carbons (Fsp3) is 0.308. The molecular weight excluding hydrogens is 254 g/mol. The van der Waals surface area contributed by atoms with E-state index in [1.807, 2.05) is 0 Å². The standard InChI is InChI=1S/C13H12F2N2O2/c1-17-9-5-3-2-4-7(9)10-11(13(17)18)19-6-8(14)12(15)16-10/h2-5,8,12,16H,6H2,1H3. The summed E-state index contributed by atoms with van der Waals surface area (Å²) in [7, 11) is 1.60. The predicted octanol–water partition coefficient (Wildman–Crippen LogP) is 1.98. The molecular formula is C13H12F2N2O2. The van der Waals surface area contributed by atoms with Crippen LogP contribution in [0, 0.1) is 0 Å². The van der Waals surface area contributed by atoms with Crippen LogP contribution in [-0.4, -0.2) is 23.6 Å². The molecule has 4 nitrogen and oxygen atoms in total. The van der Waals surface area contributed by atoms with Crippen LogP contribution in [-0.2, 0) is 7.05 Å². The number of fused-ring (bicyclic) bond motifs is 3. The molecule has 6 heteroatoms. The van der Waals surface area contributed by atoms with Crippen LogP contribution >= 0.6 is 0 Å². The molecule has 0 spiro atoms. The van der Waals surface area contributed by atoms with Gasteiger partial charge in [-0.05, 0) is 6.07 Å². The summed E-state index contributed by atoms with van der Waals surface area (Å²) in [5, 5.41) is 3.02. The molecule has 2 heterocycles. The third kappa shape index (κ3) is 1.75. The SMILES string of the molecule is Cn1c(=O)c2c(c3ccccc31)NC(F)C(F)CO2. The normalized spacial score (nSPS) is 22.3. The number of nitrogens with one attached hydrogen (secondary N) is 1. The zero-order chi connectivity index (χ0) is 13.6. The number of hydrogen-bond donors (Lipinski definition) is 1. The molecule has 100 valence electrons. The van der Waals surface area contributed by atoms with Crippen molar-refractivity contribution < 1.29 is 13.5 Å². The molecule has 2 aromatic rings. The summed E-state index contributed by atoms with van der Waals surface area (Å²) in [6.07, 6.45) is -3.70. The quantitative estimate of drug-likeness (QED) is 0.741. The zero-order valence-electron chi connectivity index (χ0n) is 10.2. The number of nitrogens with zero attached hydrogens (tertiary/aromatic N) is 1. The summed E-state index contributed by atoms with van der Waals surface area (Å²) in [5.41, 5.74) is 0.431. The van der Waals surface area contributed by atoms with Crippen molar-refractivity contribution in [3.05, 3.63) is 34.6 Å². The summed E-state index contributed by atoms with van der Waals surface area (Å²) in [4.78, 5) is 12.1. The molecule has 0 fully saturated rings. The molecule has 0 radical (unpaired) electrons. The molecule has 1 aliphatic rings. The molecule has 0 saturated heterocycles. The second-order valence-corrected chi connectivity index (χ2v) is 4.46. The minimum absolute atomic E-state index is 0.0380. The van der Waals surface area contributed by atoms with Crippen molar-refractivity contribution in [1.29, 1.82) is 0 Å². The van der Waals surface area contributed by atoms with Gasteiger partial charge in [-0.3, -0.25) is 4.79 Å². The summed E-state index contributed by atoms with van der Waals surface area (Å²) < 4.78 is 33.5. The van der Waals surface area contributed by atoms with E-state index in [9.17, 15) is 13.6 Å². The number of ether oxygens (including phenoxy) is 1. The first-order chi connectivity index (χ1) is 9.09. The van der Waals surface area contributed by atoms with Gasteiger partial charge < -0.3 is 14.6 Å². The van der Waals surface area contributed by atoms with Crippen molar-refractivity contribution in [1.82, 2.24) is 4.57 Å². The van der Waals surface area contributed by atoms with Crippen LogP contribution in [0.4, 0.5) is 14.5 Å². The highest BCUT2D eigenvalue weighted by atomic mass is 19.2. The van der Waals surface area contributed by atoms with Crippen LogP contribution in [0.3, 0.4) is 0 Å². The van der Waals surface area contributed by atoms with Gasteiger partial charge in [-0.1, -0.05) is 18.2 Å². The molecule has 1 aliphatic heterocycles. The third-order valence-corrected chi connectivity index (χ3v) is 3.25. The van der Waals surface area contributed by atoms with Gasteiger partial charge in [0.1, 0.15) is 6.61 Å². The van der Waals surface area contributed by atoms with Crippen LogP contribution < -0.4 is 15.6 Å². The van der Waals surface area contributed by atoms with Gasteiger partial charge in [0.25, 0.3) is 5.56 Å². The largest absolute Gasteiger partial charge is 0.483 e. The van der Waals surface area contributed by atoms with Crippen LogP contribution in [0.1, 0.15) is 0 Å². The van der Waals surface area contributed by atoms with Crippen LogP contribution in [0.15, 0.2) is 29.1 Å². The number of pyridine rings is 1. The van der Waals surface area contributed by atoms with Gasteiger partial charge in [-0.2, -0.15) is 0 Å². The van der Waals surface area contributed by atoms with Gasteiger partial charge in [0.2, 0.25) is 12.0 Å². The molecule has 2 unspecified atom stereocenters. The first kappa shape index (κ1) is 12.0. The maximum absolute atomic E-state index is 13.6. The van der Waals surface area contributed by atoms with E-state index >= 15 is 0 Å². The number of alkyl halides is 2. The molecule has 1 aromatic carbocycles. The number of rotatable bonds is 0. The minimum Gasteiger partial charge on any atom is -0.483 e. The minimum atomic E-state index is -1.89. The smallest absolute Gasteiger partial charge is 0.295 e. The number of aromatic nitrogens is 1. The Kier molecular flexibility index (Phi) is 2.66. The lowest BCUT2D eigenvalue weighted by molar-refractivity contribution is 0.131. The molecule has 1 aromatic heterocycles. The molecule has 1 N–H and O–H groups in total. The number of anilines is 1. The molecule has 0 saturated carbocycles. The Morgan fingerprint density at radius 3 is 2.89 bits per heavy atom. The monoisotopic (exact) mass is 266 g/mol. The Balaban J connectivity index is 2.35. The zero-order valence-corrected chi connectivity index (χ0v) is 10.2. The lowest BCUT2D eigenvalue weighted by Crippen LogP contribution is -2.28. The summed E-state index contributed by atoms with van der Waals surface area (Å²) in [6, 6.07) is 7.01. The number of hydrogen-bond acceptors (Lipinski definition) is 3. The first-order valence-electron chi connectivity index (χ1n) is 5.89. The van der Waals surface area contributed by atoms with Crippen molar-refractivity contribution >= 4 is 16.6 Å². The highest BCUT2D eigenvalue weighted by Crippen LogP contribution is 2.33. The highest BCUT2D eigenvalue weighted by molar-refractivity contribution is 5.94. The van der Waals surface area contributed by atoms with Gasteiger partial charge in [0.05, 0.1) is 11.2 Å². The maximum Gasteiger partial charge on any atom is 0.295 e. The molecule has 0 aliphatic carbocycles. The Morgan fingerprint density at radius 1 is 1.37 bits per heavy atom. The van der Waals surface area contributed by atoms with E-state index in [2.05, 4.69) is 5.32 Å². The van der Waals surface area contributed by atoms with E-state index in [-0.39, 0.29) is 11.4 Å². The van der Waals surface area contributed by atoms with Crippen molar-refractivity contribution in [2.75, 3.05) is 11.9 Å². The molecule has 0 bridgehead atoms. The number of para-hydroxylation sites is 1. The predicted molar refractivity (Wildman–Crippen MR) is 68.1 cm³/mol. The van der Waals surface area contributed by atoms with Crippen molar-refractivity contribution in [3.8, 4) is 5.75 Å². The average Bonchev–Trinajstić information content (AvgIpc) is 2.57. The average molecular weight is 266 g/mol. The van der Waals surface area contributed by atoms with Crippen LogP contribution in [0.2, 0.25) is 0 Å². The van der Waals surface area contributed by atoms with E-state index in [0.29, 0.717) is 10.9 Å². The van der Waals surface area contributed by atoms with E-state index in [1.165, 1.54) is 4.57 Å². The van der Waals surface area contributed by atoms with E-state index < -0.39 is 24.6 Å². The van der Waals surface area contributed by atoms with Gasteiger partial charge >= 0.3 is 0 Å². The molecule has 2 atom stereocenters. The number of benzene rings is 1. The van der Waals surface area contributed by atoms with Crippen molar-refractivity contribution in [2.24, 2.45) is 7.05 Å². The summed E-state index contributed by atoms with van der Waals surface area (Å²) >= 11 is 0. The Bertz CT molecular complexity index is 699. The van der Waals surface area contributed by atoms with Crippen LogP contribution in [0.25, 0.3) is 10.9 Å². The Hall–Kier alpha value is -2.11. The fourth-order valence-corrected chi connectivity index (χ4v) is 2.22. The number of halogens is 2. The molecule has 19 heavy (non-hydrogen) atoms. The third-order valence-electron chi connectivity index (χ3n) is 3.25. The van der Waals surface area contributed by atoms with E-state index in [0.717, 1.165) is 0 Å². The first-order valence-corrected chi connectivity index (χ1v) is 5.89. The second kappa shape index (κ2) is 4.22. The van der Waals surface area contributed by atoms with Crippen LogP contribution in [0.5, 0.6) is 5.75 Å². The van der Waals surface area contributed by atoms with Gasteiger partial charge in [-0.15, -0.1) is 0 Å². The molecule has 0 amide bonds. The lowest BCUT2D eigenvalue weighted by Gasteiger charge is -2.14. The van der Waals surface area contributed by atoms with Crippen molar-refractivity contribution in [2.45, 2.75) is 12.5 Å². The van der Waals surface area contributed by atoms with Gasteiger partial charge in [-0.25, -0.2) is 8.78 Å². The Morgan fingerprint density at radius 2 is 2.11 bits per heavy atom. The van der Waals surface area contributed by atoms with E-state index in [1.54, 1.807) is 31.3 Å². The highest BCUT2D eigenvalue weighted by Gasteiger charge is 2.29. The molecule has 3 rings (SSSR count). The Labute approximate surface area is 107 Å². The van der Waals surface area contributed by atoms with Crippen molar-refractivity contribution in [3.63, 3.8) is 0 Å². The second-order valence-electron chi connectivity index (χ2n) is 4.46. The summed E-state index contributed by atoms with van der Waals surface area (Å²) in [5.74, 6) is -0.0380. The van der Waals surface area contributed by atoms with Gasteiger partial charge in [0.15, 0.2) is 6.17 Å². The fourth-order valence-electron chi connectivity index (χ4n) is 2.22. The van der Waals surface area contributed by atoms with Gasteiger partial charge in [0, 0.05) is 12.4 Å². The number of aryl methyl sites for hydroxylation is 1. The maximum atomic E-state index is 13.6. The lowest BCUT2D eigenvalue weighted by atomic mass is 10.1. The summed E-state index contributed by atoms with van der Waals surface area (Å²) in [6.45, 7) is -0.477. The topological polar surface area (TPSA) is 43.3 Å². The van der Waals surface area contributed by atoms with E-state index in [4.69, 9.17) is 4.74 Å².